The predicted molar refractivity (Wildman–Crippen MR) is 123 cm³/mol. The average molecular weight is 478 g/mol. The number of halogens is 1. The predicted octanol–water partition coefficient (Wildman–Crippen LogP) is 3.16. The van der Waals surface area contributed by atoms with Crippen molar-refractivity contribution in [2.24, 2.45) is 0 Å². The van der Waals surface area contributed by atoms with E-state index in [0.29, 0.717) is 29.2 Å². The Morgan fingerprint density at radius 1 is 0.882 bits per heavy atom. The van der Waals surface area contributed by atoms with Crippen molar-refractivity contribution in [2.45, 2.75) is 24.4 Å². The number of nitrogens with zero attached hydrogens (tertiary/aromatic N) is 4. The fourth-order valence-corrected chi connectivity index (χ4v) is 4.35. The van der Waals surface area contributed by atoms with Crippen LogP contribution in [0.3, 0.4) is 0 Å². The van der Waals surface area contributed by atoms with Crippen molar-refractivity contribution in [1.82, 2.24) is 25.1 Å². The number of aliphatic hydroxyl groups is 1. The molecule has 9 nitrogen and oxygen atoms in total. The van der Waals surface area contributed by atoms with E-state index in [1.807, 2.05) is 42.5 Å². The Bertz CT molecular complexity index is 1300. The summed E-state index contributed by atoms with van der Waals surface area (Å²) in [4.78, 5) is 12.2. The van der Waals surface area contributed by atoms with Crippen LogP contribution in [0, 0.1) is 0 Å². The molecule has 0 amide bonds. The number of aliphatic hydroxyl groups excluding tert-OH is 1. The minimum absolute atomic E-state index is 0.263. The molecule has 2 N–H and O–H groups in total. The van der Waals surface area contributed by atoms with Crippen LogP contribution in [0.15, 0.2) is 60.9 Å². The third-order valence-corrected chi connectivity index (χ3v) is 6.14. The highest BCUT2D eigenvalue weighted by atomic mass is 35.5. The molecule has 4 aromatic rings. The molecule has 0 bridgehead atoms. The Morgan fingerprint density at radius 3 is 2.44 bits per heavy atom. The number of H-pyrrole nitrogens is 1. The maximum Gasteiger partial charge on any atom is 0.213 e. The van der Waals surface area contributed by atoms with Crippen molar-refractivity contribution >= 4 is 11.6 Å². The van der Waals surface area contributed by atoms with Crippen LogP contribution >= 0.6 is 11.6 Å². The Kier molecular flexibility index (Phi) is 5.46. The molecule has 6 rings (SSSR count). The molecule has 2 fully saturated rings. The molecule has 2 aliphatic rings. The van der Waals surface area contributed by atoms with Gasteiger partial charge in [-0.05, 0) is 30.3 Å². The lowest BCUT2D eigenvalue weighted by atomic mass is 10.1. The van der Waals surface area contributed by atoms with E-state index < -0.39 is 6.10 Å². The number of fused-ring (bicyclic) bond motifs is 1. The Morgan fingerprint density at radius 2 is 1.68 bits per heavy atom. The minimum Gasteiger partial charge on any atom is -0.469 e. The van der Waals surface area contributed by atoms with Crippen molar-refractivity contribution in [3.05, 3.63) is 65.9 Å². The van der Waals surface area contributed by atoms with Gasteiger partial charge in [-0.15, -0.1) is 10.2 Å². The normalized spacial score (nSPS) is 23.7. The number of hydrogen-bond acceptors (Lipinski definition) is 8. The fourth-order valence-electron chi connectivity index (χ4n) is 4.16. The Hall–Kier alpha value is -3.37. The summed E-state index contributed by atoms with van der Waals surface area (Å²) in [5, 5.41) is 18.9. The second-order valence-corrected chi connectivity index (χ2v) is 8.61. The van der Waals surface area contributed by atoms with Gasteiger partial charge in [-0.2, -0.15) is 0 Å². The third-order valence-electron chi connectivity index (χ3n) is 5.91. The molecule has 0 spiro atoms. The van der Waals surface area contributed by atoms with Crippen molar-refractivity contribution < 1.29 is 19.3 Å². The smallest absolute Gasteiger partial charge is 0.213 e. The molecule has 4 atom stereocenters. The van der Waals surface area contributed by atoms with Crippen molar-refractivity contribution in [2.75, 3.05) is 13.2 Å². The molecule has 1 aromatic carbocycles. The van der Waals surface area contributed by atoms with E-state index in [2.05, 4.69) is 25.1 Å². The first-order chi connectivity index (χ1) is 16.6. The molecule has 10 heteroatoms. The van der Waals surface area contributed by atoms with Crippen LogP contribution in [-0.4, -0.2) is 67.9 Å². The zero-order chi connectivity index (χ0) is 23.1. The van der Waals surface area contributed by atoms with Gasteiger partial charge in [0.1, 0.15) is 18.3 Å². The van der Waals surface area contributed by atoms with E-state index >= 15 is 0 Å². The molecule has 2 saturated heterocycles. The topological polar surface area (TPSA) is 115 Å². The number of aromatic amines is 1. The fraction of sp³-hybridized carbons (Fsp3) is 0.250. The van der Waals surface area contributed by atoms with Crippen LogP contribution in [0.4, 0.5) is 0 Å². The molecular weight excluding hydrogens is 458 g/mol. The lowest BCUT2D eigenvalue weighted by Gasteiger charge is -2.17. The molecule has 0 saturated carbocycles. The lowest BCUT2D eigenvalue weighted by molar-refractivity contribution is 0.00780. The van der Waals surface area contributed by atoms with Crippen molar-refractivity contribution in [3.8, 4) is 39.9 Å². The second-order valence-electron chi connectivity index (χ2n) is 8.17. The van der Waals surface area contributed by atoms with Crippen LogP contribution in [0.5, 0.6) is 5.88 Å². The zero-order valence-corrected chi connectivity index (χ0v) is 18.6. The summed E-state index contributed by atoms with van der Waals surface area (Å²) < 4.78 is 17.1. The van der Waals surface area contributed by atoms with Gasteiger partial charge >= 0.3 is 0 Å². The first-order valence-corrected chi connectivity index (χ1v) is 11.2. The Balaban J connectivity index is 1.14. The molecule has 2 aliphatic heterocycles. The highest BCUT2D eigenvalue weighted by Crippen LogP contribution is 2.30. The third kappa shape index (κ3) is 4.03. The summed E-state index contributed by atoms with van der Waals surface area (Å²) in [6.45, 7) is 0.624. The van der Waals surface area contributed by atoms with Crippen LogP contribution in [0.1, 0.15) is 0 Å². The van der Waals surface area contributed by atoms with Gasteiger partial charge in [-0.3, -0.25) is 4.98 Å². The van der Waals surface area contributed by atoms with Crippen LogP contribution in [-0.2, 0) is 9.47 Å². The molecule has 0 aliphatic carbocycles. The van der Waals surface area contributed by atoms with E-state index in [-0.39, 0.29) is 24.9 Å². The monoisotopic (exact) mass is 477 g/mol. The second kappa shape index (κ2) is 8.77. The van der Waals surface area contributed by atoms with Gasteiger partial charge in [0.25, 0.3) is 0 Å². The lowest BCUT2D eigenvalue weighted by Crippen LogP contribution is -2.34. The number of aromatic nitrogens is 5. The van der Waals surface area contributed by atoms with Gasteiger partial charge in [-0.25, -0.2) is 4.98 Å². The van der Waals surface area contributed by atoms with E-state index in [1.54, 1.807) is 18.5 Å². The first kappa shape index (κ1) is 21.2. The van der Waals surface area contributed by atoms with Gasteiger partial charge in [0, 0.05) is 40.2 Å². The van der Waals surface area contributed by atoms with Gasteiger partial charge in [-0.1, -0.05) is 23.7 Å². The van der Waals surface area contributed by atoms with Gasteiger partial charge in [0.05, 0.1) is 18.9 Å². The van der Waals surface area contributed by atoms with Crippen molar-refractivity contribution in [1.29, 1.82) is 0 Å². The highest BCUT2D eigenvalue weighted by molar-refractivity contribution is 6.30. The largest absolute Gasteiger partial charge is 0.469 e. The molecule has 34 heavy (non-hydrogen) atoms. The quantitative estimate of drug-likeness (QED) is 0.450. The van der Waals surface area contributed by atoms with E-state index in [9.17, 15) is 5.11 Å². The molecule has 0 radical (unpaired) electrons. The first-order valence-electron chi connectivity index (χ1n) is 10.8. The minimum atomic E-state index is -0.608. The van der Waals surface area contributed by atoms with Crippen molar-refractivity contribution in [3.63, 3.8) is 0 Å². The van der Waals surface area contributed by atoms with E-state index in [4.69, 9.17) is 25.8 Å². The van der Waals surface area contributed by atoms with E-state index in [0.717, 1.165) is 22.4 Å². The molecule has 3 aromatic heterocycles. The molecule has 0 unspecified atom stereocenters. The summed E-state index contributed by atoms with van der Waals surface area (Å²) in [5.74, 6) is 1.72. The summed E-state index contributed by atoms with van der Waals surface area (Å²) in [5.41, 5.74) is 3.29. The zero-order valence-electron chi connectivity index (χ0n) is 17.8. The molecule has 172 valence electrons. The number of ether oxygens (including phenoxy) is 3. The molecule has 5 heterocycles. The maximum absolute atomic E-state index is 9.86. The Labute approximate surface area is 199 Å². The number of benzene rings is 1. The maximum atomic E-state index is 9.86. The standard InChI is InChI=1S/C24H20ClN5O4/c25-16-3-1-2-13(8-16)23-28-24(30-29-23)15-4-6-17(26-10-15)14-5-7-20(27-9-14)34-19-12-33-21-18(31)11-32-22(19)21/h1-10,18-19,21-22,31H,11-12H2,(H,28,29,30)/t18-,19+,21-,22-/m1/s1. The van der Waals surface area contributed by atoms with Crippen LogP contribution in [0.2, 0.25) is 5.02 Å². The van der Waals surface area contributed by atoms with Gasteiger partial charge in [0.15, 0.2) is 17.8 Å². The molecular formula is C24H20ClN5O4. The van der Waals surface area contributed by atoms with Gasteiger partial charge in [0.2, 0.25) is 5.88 Å². The summed E-state index contributed by atoms with van der Waals surface area (Å²) in [7, 11) is 0. The summed E-state index contributed by atoms with van der Waals surface area (Å²) in [6.07, 6.45) is 1.93. The van der Waals surface area contributed by atoms with Crippen LogP contribution in [0.25, 0.3) is 34.0 Å². The highest BCUT2D eigenvalue weighted by Gasteiger charge is 2.48. The van der Waals surface area contributed by atoms with Gasteiger partial charge < -0.3 is 24.3 Å². The number of rotatable bonds is 5. The number of nitrogens with one attached hydrogen (secondary N) is 1. The number of hydrogen-bond donors (Lipinski definition) is 2. The van der Waals surface area contributed by atoms with Crippen LogP contribution < -0.4 is 4.74 Å². The SMILES string of the molecule is O[C@@H]1CO[C@H]2[C@@H]1OC[C@@H]2Oc1ccc(-c2ccc(-c3nnc(-c4cccc(Cl)c4)[nH]3)cn2)cn1. The summed E-state index contributed by atoms with van der Waals surface area (Å²) >= 11 is 6.07. The average Bonchev–Trinajstić information content (AvgIpc) is 3.59. The van der Waals surface area contributed by atoms with E-state index in [1.165, 1.54) is 0 Å². The summed E-state index contributed by atoms with van der Waals surface area (Å²) in [6, 6.07) is 14.9. The number of pyridine rings is 2.